The van der Waals surface area contributed by atoms with Crippen molar-refractivity contribution >= 4 is 17.1 Å². The number of carbonyl (C=O) groups is 1. The van der Waals surface area contributed by atoms with Crippen molar-refractivity contribution in [2.45, 2.75) is 13.5 Å². The Bertz CT molecular complexity index is 1100. The molecule has 0 spiro atoms. The number of rotatable bonds is 4. The molecule has 0 bridgehead atoms. The standard InChI is InChI=1S/C21H19N5O/c1-15-10-11-17(21(27)25(2)14-16-7-4-3-5-8-16)13-19(15)26-20-18(23-24-26)9-6-12-22-20/h3-13H,14H2,1-2H3. The highest BCUT2D eigenvalue weighted by Crippen LogP contribution is 2.20. The smallest absolute Gasteiger partial charge is 0.253 e. The SMILES string of the molecule is Cc1ccc(C(=O)N(C)Cc2ccccc2)cc1-n1nnc2cccnc21. The molecule has 27 heavy (non-hydrogen) atoms. The molecular weight excluding hydrogens is 338 g/mol. The van der Waals surface area contributed by atoms with Gasteiger partial charge in [-0.1, -0.05) is 41.6 Å². The highest BCUT2D eigenvalue weighted by Gasteiger charge is 2.16. The van der Waals surface area contributed by atoms with Crippen LogP contribution in [0.4, 0.5) is 0 Å². The van der Waals surface area contributed by atoms with E-state index in [1.54, 1.807) is 22.8 Å². The van der Waals surface area contributed by atoms with E-state index >= 15 is 0 Å². The molecular formula is C21H19N5O. The predicted octanol–water partition coefficient (Wildman–Crippen LogP) is 3.40. The highest BCUT2D eigenvalue weighted by molar-refractivity contribution is 5.95. The Morgan fingerprint density at radius 3 is 2.70 bits per heavy atom. The monoisotopic (exact) mass is 357 g/mol. The van der Waals surface area contributed by atoms with E-state index in [0.29, 0.717) is 17.8 Å². The number of hydrogen-bond donors (Lipinski definition) is 0. The van der Waals surface area contributed by atoms with Gasteiger partial charge in [-0.3, -0.25) is 4.79 Å². The van der Waals surface area contributed by atoms with E-state index in [2.05, 4.69) is 15.3 Å². The zero-order chi connectivity index (χ0) is 18.8. The Morgan fingerprint density at radius 2 is 1.89 bits per heavy atom. The quantitative estimate of drug-likeness (QED) is 0.562. The van der Waals surface area contributed by atoms with Crippen LogP contribution in [0.5, 0.6) is 0 Å². The molecule has 0 fully saturated rings. The van der Waals surface area contributed by atoms with E-state index in [1.807, 2.05) is 67.6 Å². The van der Waals surface area contributed by atoms with Gasteiger partial charge < -0.3 is 4.90 Å². The molecule has 0 aliphatic rings. The van der Waals surface area contributed by atoms with E-state index in [9.17, 15) is 4.79 Å². The third-order valence-electron chi connectivity index (χ3n) is 4.50. The minimum atomic E-state index is -0.0440. The summed E-state index contributed by atoms with van der Waals surface area (Å²) in [5.74, 6) is -0.0440. The first-order valence-corrected chi connectivity index (χ1v) is 8.70. The van der Waals surface area contributed by atoms with Gasteiger partial charge in [0.15, 0.2) is 5.65 Å². The third-order valence-corrected chi connectivity index (χ3v) is 4.50. The van der Waals surface area contributed by atoms with Crippen LogP contribution in [0.1, 0.15) is 21.5 Å². The van der Waals surface area contributed by atoms with E-state index in [1.165, 1.54) is 0 Å². The zero-order valence-electron chi connectivity index (χ0n) is 15.2. The maximum absolute atomic E-state index is 12.9. The van der Waals surface area contributed by atoms with E-state index in [0.717, 1.165) is 22.3 Å². The van der Waals surface area contributed by atoms with Crippen molar-refractivity contribution < 1.29 is 4.79 Å². The fourth-order valence-electron chi connectivity index (χ4n) is 3.05. The molecule has 6 heteroatoms. The van der Waals surface area contributed by atoms with Crippen LogP contribution in [0, 0.1) is 6.92 Å². The molecule has 4 rings (SSSR count). The van der Waals surface area contributed by atoms with Crippen LogP contribution in [-0.2, 0) is 6.54 Å². The van der Waals surface area contributed by atoms with Crippen LogP contribution in [0.15, 0.2) is 66.9 Å². The van der Waals surface area contributed by atoms with Crippen molar-refractivity contribution in [2.24, 2.45) is 0 Å². The number of aryl methyl sites for hydroxylation is 1. The summed E-state index contributed by atoms with van der Waals surface area (Å²) in [5, 5.41) is 8.38. The molecule has 4 aromatic rings. The molecule has 0 N–H and O–H groups in total. The van der Waals surface area contributed by atoms with Gasteiger partial charge in [-0.2, -0.15) is 4.68 Å². The van der Waals surface area contributed by atoms with E-state index in [-0.39, 0.29) is 5.91 Å². The lowest BCUT2D eigenvalue weighted by Crippen LogP contribution is -2.26. The molecule has 0 atom stereocenters. The van der Waals surface area contributed by atoms with Crippen LogP contribution in [-0.4, -0.2) is 37.8 Å². The van der Waals surface area contributed by atoms with Crippen molar-refractivity contribution in [3.63, 3.8) is 0 Å². The molecule has 1 amide bonds. The van der Waals surface area contributed by atoms with Gasteiger partial charge in [0.25, 0.3) is 5.91 Å². The first-order valence-electron chi connectivity index (χ1n) is 8.70. The van der Waals surface area contributed by atoms with Crippen molar-refractivity contribution in [2.75, 3.05) is 7.05 Å². The molecule has 0 aliphatic heterocycles. The number of aromatic nitrogens is 4. The average molecular weight is 357 g/mol. The van der Waals surface area contributed by atoms with Crippen LogP contribution in [0.2, 0.25) is 0 Å². The summed E-state index contributed by atoms with van der Waals surface area (Å²) < 4.78 is 1.68. The predicted molar refractivity (Wildman–Crippen MR) is 104 cm³/mol. The molecule has 0 unspecified atom stereocenters. The second-order valence-electron chi connectivity index (χ2n) is 6.50. The summed E-state index contributed by atoms with van der Waals surface area (Å²) >= 11 is 0. The Hall–Kier alpha value is -3.54. The molecule has 6 nitrogen and oxygen atoms in total. The summed E-state index contributed by atoms with van der Waals surface area (Å²) in [6, 6.07) is 19.2. The Kier molecular flexibility index (Phi) is 4.38. The zero-order valence-corrected chi connectivity index (χ0v) is 15.2. The van der Waals surface area contributed by atoms with Crippen LogP contribution in [0.3, 0.4) is 0 Å². The second-order valence-corrected chi connectivity index (χ2v) is 6.50. The number of nitrogens with zero attached hydrogens (tertiary/aromatic N) is 5. The molecule has 0 aliphatic carbocycles. The number of hydrogen-bond acceptors (Lipinski definition) is 4. The van der Waals surface area contributed by atoms with Crippen molar-refractivity contribution in [3.8, 4) is 5.69 Å². The lowest BCUT2D eigenvalue weighted by Gasteiger charge is -2.18. The fourth-order valence-corrected chi connectivity index (χ4v) is 3.05. The van der Waals surface area contributed by atoms with Gasteiger partial charge in [0.2, 0.25) is 0 Å². The summed E-state index contributed by atoms with van der Waals surface area (Å²) in [4.78, 5) is 19.0. The first kappa shape index (κ1) is 16.9. The van der Waals surface area contributed by atoms with Gasteiger partial charge in [-0.25, -0.2) is 4.98 Å². The number of benzene rings is 2. The number of fused-ring (bicyclic) bond motifs is 1. The molecule has 0 saturated heterocycles. The van der Waals surface area contributed by atoms with Crippen LogP contribution >= 0.6 is 0 Å². The van der Waals surface area contributed by atoms with E-state index < -0.39 is 0 Å². The third kappa shape index (κ3) is 3.29. The number of pyridine rings is 1. The maximum atomic E-state index is 12.9. The summed E-state index contributed by atoms with van der Waals surface area (Å²) in [7, 11) is 1.81. The second kappa shape index (κ2) is 6.99. The lowest BCUT2D eigenvalue weighted by molar-refractivity contribution is 0.0785. The van der Waals surface area contributed by atoms with Crippen LogP contribution in [0.25, 0.3) is 16.9 Å². The van der Waals surface area contributed by atoms with E-state index in [4.69, 9.17) is 0 Å². The largest absolute Gasteiger partial charge is 0.337 e. The highest BCUT2D eigenvalue weighted by atomic mass is 16.2. The van der Waals surface area contributed by atoms with Gasteiger partial charge in [0.1, 0.15) is 5.52 Å². The molecule has 134 valence electrons. The normalized spacial score (nSPS) is 10.9. The maximum Gasteiger partial charge on any atom is 0.253 e. The molecule has 2 heterocycles. The van der Waals surface area contributed by atoms with Gasteiger partial charge >= 0.3 is 0 Å². The molecule has 0 radical (unpaired) electrons. The lowest BCUT2D eigenvalue weighted by atomic mass is 10.1. The average Bonchev–Trinajstić information content (AvgIpc) is 3.12. The fraction of sp³-hybridized carbons (Fsp3) is 0.143. The van der Waals surface area contributed by atoms with Gasteiger partial charge in [0.05, 0.1) is 5.69 Å². The summed E-state index contributed by atoms with van der Waals surface area (Å²) in [6.45, 7) is 2.53. The van der Waals surface area contributed by atoms with Crippen LogP contribution < -0.4 is 0 Å². The minimum Gasteiger partial charge on any atom is -0.337 e. The molecule has 2 aromatic heterocycles. The Labute approximate surface area is 157 Å². The minimum absolute atomic E-state index is 0.0440. The first-order chi connectivity index (χ1) is 13.1. The molecule has 2 aromatic carbocycles. The topological polar surface area (TPSA) is 63.9 Å². The number of carbonyl (C=O) groups excluding carboxylic acids is 1. The van der Waals surface area contributed by atoms with Gasteiger partial charge in [0, 0.05) is 25.4 Å². The van der Waals surface area contributed by atoms with Gasteiger partial charge in [-0.15, -0.1) is 5.10 Å². The van der Waals surface area contributed by atoms with Crippen molar-refractivity contribution in [3.05, 3.63) is 83.6 Å². The van der Waals surface area contributed by atoms with Crippen molar-refractivity contribution in [1.82, 2.24) is 24.9 Å². The Morgan fingerprint density at radius 1 is 1.07 bits per heavy atom. The van der Waals surface area contributed by atoms with Gasteiger partial charge in [-0.05, 0) is 42.3 Å². The van der Waals surface area contributed by atoms with Crippen molar-refractivity contribution in [1.29, 1.82) is 0 Å². The summed E-state index contributed by atoms with van der Waals surface area (Å²) in [5.41, 5.74) is 4.88. The summed E-state index contributed by atoms with van der Waals surface area (Å²) in [6.07, 6.45) is 1.71. The Balaban J connectivity index is 1.67. The number of amides is 1. The molecule has 0 saturated carbocycles.